The summed E-state index contributed by atoms with van der Waals surface area (Å²) < 4.78 is 2.10. The lowest BCUT2D eigenvalue weighted by atomic mass is 10.1. The van der Waals surface area contributed by atoms with Gasteiger partial charge in [-0.2, -0.15) is 5.10 Å². The number of rotatable bonds is 6. The molecule has 1 aromatic carbocycles. The lowest BCUT2D eigenvalue weighted by Crippen LogP contribution is -2.19. The van der Waals surface area contributed by atoms with Crippen LogP contribution in [0.4, 0.5) is 5.69 Å². The minimum absolute atomic E-state index is 0.606. The first-order chi connectivity index (χ1) is 12.2. The second kappa shape index (κ2) is 6.67. The van der Waals surface area contributed by atoms with Crippen LogP contribution in [0, 0.1) is 0 Å². The van der Waals surface area contributed by atoms with Crippen molar-refractivity contribution in [2.24, 2.45) is 5.73 Å². The number of hydrogen-bond acceptors (Lipinski definition) is 6. The van der Waals surface area contributed by atoms with Crippen molar-refractivity contribution in [3.8, 4) is 11.4 Å². The van der Waals surface area contributed by atoms with Gasteiger partial charge in [-0.3, -0.25) is 9.67 Å². The molecular formula is C18H22N6S. The Bertz CT molecular complexity index is 917. The van der Waals surface area contributed by atoms with E-state index in [0.717, 1.165) is 47.1 Å². The number of benzene rings is 1. The molecule has 2 aromatic heterocycles. The monoisotopic (exact) mass is 354 g/mol. The Hall–Kier alpha value is -2.09. The fraction of sp³-hybridized carbons (Fsp3) is 0.333. The molecule has 0 saturated carbocycles. The third-order valence-corrected chi connectivity index (χ3v) is 5.47. The van der Waals surface area contributed by atoms with Gasteiger partial charge in [0.25, 0.3) is 0 Å². The molecule has 0 unspecified atom stereocenters. The fourth-order valence-electron chi connectivity index (χ4n) is 3.08. The molecule has 130 valence electrons. The SMILES string of the molecule is CN(C)CCn1nc2c3c(c(NCCN)ccc31)Sc1cccnc1-2. The van der Waals surface area contributed by atoms with Crippen molar-refractivity contribution >= 4 is 28.4 Å². The Morgan fingerprint density at radius 3 is 2.92 bits per heavy atom. The zero-order valence-electron chi connectivity index (χ0n) is 14.5. The quantitative estimate of drug-likeness (QED) is 0.554. The van der Waals surface area contributed by atoms with E-state index in [0.29, 0.717) is 6.54 Å². The number of likely N-dealkylation sites (N-methyl/N-ethyl adjacent to an activating group) is 1. The highest BCUT2D eigenvalue weighted by Gasteiger charge is 2.26. The molecule has 3 N–H and O–H groups in total. The van der Waals surface area contributed by atoms with E-state index in [1.165, 1.54) is 10.3 Å². The molecule has 6 nitrogen and oxygen atoms in total. The van der Waals surface area contributed by atoms with E-state index in [4.69, 9.17) is 10.8 Å². The molecular weight excluding hydrogens is 332 g/mol. The predicted octanol–water partition coefficient (Wildman–Crippen LogP) is 2.50. The van der Waals surface area contributed by atoms with Gasteiger partial charge >= 0.3 is 0 Å². The highest BCUT2D eigenvalue weighted by atomic mass is 32.2. The maximum atomic E-state index is 5.67. The van der Waals surface area contributed by atoms with Gasteiger partial charge in [0.2, 0.25) is 0 Å². The molecule has 0 radical (unpaired) electrons. The summed E-state index contributed by atoms with van der Waals surface area (Å²) >= 11 is 1.76. The molecule has 3 heterocycles. The summed E-state index contributed by atoms with van der Waals surface area (Å²) in [4.78, 5) is 9.14. The van der Waals surface area contributed by atoms with E-state index >= 15 is 0 Å². The smallest absolute Gasteiger partial charge is 0.121 e. The van der Waals surface area contributed by atoms with Crippen molar-refractivity contribution in [2.45, 2.75) is 16.3 Å². The first-order valence-electron chi connectivity index (χ1n) is 8.44. The number of nitrogens with two attached hydrogens (primary N) is 1. The van der Waals surface area contributed by atoms with Crippen molar-refractivity contribution in [1.29, 1.82) is 0 Å². The number of anilines is 1. The highest BCUT2D eigenvalue weighted by Crippen LogP contribution is 2.49. The molecule has 7 heteroatoms. The zero-order chi connectivity index (χ0) is 17.4. The Labute approximate surface area is 151 Å². The second-order valence-corrected chi connectivity index (χ2v) is 7.43. The van der Waals surface area contributed by atoms with Crippen LogP contribution in [0.1, 0.15) is 0 Å². The third-order valence-electron chi connectivity index (χ3n) is 4.30. The third kappa shape index (κ3) is 2.88. The van der Waals surface area contributed by atoms with E-state index in [1.54, 1.807) is 11.8 Å². The maximum Gasteiger partial charge on any atom is 0.121 e. The number of aromatic nitrogens is 3. The van der Waals surface area contributed by atoms with Crippen molar-refractivity contribution in [2.75, 3.05) is 39.0 Å². The number of nitrogens with zero attached hydrogens (tertiary/aromatic N) is 4. The summed E-state index contributed by atoms with van der Waals surface area (Å²) in [5, 5.41) is 9.55. The van der Waals surface area contributed by atoms with Gasteiger partial charge in [0, 0.05) is 46.7 Å². The molecule has 0 aliphatic carbocycles. The molecule has 0 saturated heterocycles. The van der Waals surface area contributed by atoms with E-state index in [2.05, 4.69) is 52.2 Å². The van der Waals surface area contributed by atoms with Gasteiger partial charge in [-0.1, -0.05) is 11.8 Å². The highest BCUT2D eigenvalue weighted by molar-refractivity contribution is 8.00. The normalized spacial score (nSPS) is 12.6. The first-order valence-corrected chi connectivity index (χ1v) is 9.26. The van der Waals surface area contributed by atoms with Gasteiger partial charge in [-0.25, -0.2) is 0 Å². The van der Waals surface area contributed by atoms with Crippen molar-refractivity contribution < 1.29 is 0 Å². The van der Waals surface area contributed by atoms with E-state index in [1.807, 2.05) is 12.3 Å². The molecule has 0 atom stereocenters. The predicted molar refractivity (Wildman–Crippen MR) is 103 cm³/mol. The summed E-state index contributed by atoms with van der Waals surface area (Å²) in [7, 11) is 4.16. The van der Waals surface area contributed by atoms with Crippen LogP contribution in [-0.2, 0) is 6.54 Å². The van der Waals surface area contributed by atoms with Gasteiger partial charge in [0.1, 0.15) is 11.4 Å². The zero-order valence-corrected chi connectivity index (χ0v) is 15.3. The number of pyridine rings is 1. The lowest BCUT2D eigenvalue weighted by molar-refractivity contribution is 0.377. The first kappa shape index (κ1) is 16.4. The summed E-state index contributed by atoms with van der Waals surface area (Å²) in [5.41, 5.74) is 9.91. The van der Waals surface area contributed by atoms with Crippen LogP contribution in [-0.4, -0.2) is 53.4 Å². The van der Waals surface area contributed by atoms with E-state index in [9.17, 15) is 0 Å². The average Bonchev–Trinajstić information content (AvgIpc) is 2.99. The molecule has 0 spiro atoms. The average molecular weight is 354 g/mol. The van der Waals surface area contributed by atoms with Crippen LogP contribution in [0.3, 0.4) is 0 Å². The Kier molecular flexibility index (Phi) is 4.37. The Morgan fingerprint density at radius 1 is 1.24 bits per heavy atom. The largest absolute Gasteiger partial charge is 0.383 e. The van der Waals surface area contributed by atoms with Crippen molar-refractivity contribution in [1.82, 2.24) is 19.7 Å². The molecule has 0 fully saturated rings. The van der Waals surface area contributed by atoms with E-state index < -0.39 is 0 Å². The molecule has 3 aromatic rings. The van der Waals surface area contributed by atoms with Gasteiger partial charge in [0.05, 0.1) is 12.1 Å². The summed E-state index contributed by atoms with van der Waals surface area (Å²) in [6.45, 7) is 3.16. The van der Waals surface area contributed by atoms with Crippen molar-refractivity contribution in [3.05, 3.63) is 30.5 Å². The number of nitrogens with one attached hydrogen (secondary N) is 1. The lowest BCUT2D eigenvalue weighted by Gasteiger charge is -2.18. The van der Waals surface area contributed by atoms with Crippen LogP contribution in [0.2, 0.25) is 0 Å². The molecule has 0 bridgehead atoms. The van der Waals surface area contributed by atoms with Crippen molar-refractivity contribution in [3.63, 3.8) is 0 Å². The second-order valence-electron chi connectivity index (χ2n) is 6.38. The Morgan fingerprint density at radius 2 is 2.12 bits per heavy atom. The van der Waals surface area contributed by atoms with Gasteiger partial charge < -0.3 is 16.0 Å². The van der Waals surface area contributed by atoms with Crippen LogP contribution in [0.25, 0.3) is 22.3 Å². The standard InChI is InChI=1S/C18H22N6S/c1-23(2)10-11-24-13-6-5-12(20-9-7-19)18-15(13)17(22-24)16-14(25-18)4-3-8-21-16/h3-6,8,20H,7,9-11,19H2,1-2H3. The van der Waals surface area contributed by atoms with Gasteiger partial charge in [-0.05, 0) is 38.4 Å². The van der Waals surface area contributed by atoms with Crippen LogP contribution in [0.15, 0.2) is 40.3 Å². The van der Waals surface area contributed by atoms with Crippen LogP contribution in [0.5, 0.6) is 0 Å². The molecule has 1 aliphatic heterocycles. The maximum absolute atomic E-state index is 5.67. The fourth-order valence-corrected chi connectivity index (χ4v) is 4.25. The summed E-state index contributed by atoms with van der Waals surface area (Å²) in [5.74, 6) is 0. The molecule has 0 amide bonds. The minimum Gasteiger partial charge on any atom is -0.383 e. The summed E-state index contributed by atoms with van der Waals surface area (Å²) in [6.07, 6.45) is 1.84. The molecule has 4 rings (SSSR count). The van der Waals surface area contributed by atoms with Crippen LogP contribution < -0.4 is 11.1 Å². The Balaban J connectivity index is 1.90. The number of hydrogen-bond donors (Lipinski definition) is 2. The molecule has 1 aliphatic rings. The summed E-state index contributed by atoms with van der Waals surface area (Å²) in [6, 6.07) is 8.38. The topological polar surface area (TPSA) is 72.0 Å². The molecule has 25 heavy (non-hydrogen) atoms. The van der Waals surface area contributed by atoms with E-state index in [-0.39, 0.29) is 0 Å². The minimum atomic E-state index is 0.606. The van der Waals surface area contributed by atoms with Gasteiger partial charge in [0.15, 0.2) is 0 Å². The van der Waals surface area contributed by atoms with Crippen LogP contribution >= 0.6 is 11.8 Å². The van der Waals surface area contributed by atoms with Gasteiger partial charge in [-0.15, -0.1) is 0 Å². The number of fused-ring (bicyclic) bond motifs is 2.